The van der Waals surface area contributed by atoms with E-state index in [1.165, 1.54) is 23.6 Å². The number of aromatic hydroxyl groups is 1. The monoisotopic (exact) mass is 235 g/mol. The summed E-state index contributed by atoms with van der Waals surface area (Å²) in [4.78, 5) is 20.3. The molecule has 0 unspecified atom stereocenters. The molecule has 0 aliphatic heterocycles. The van der Waals surface area contributed by atoms with Gasteiger partial charge in [0.2, 0.25) is 0 Å². The fourth-order valence-corrected chi connectivity index (χ4v) is 1.69. The fourth-order valence-electron chi connectivity index (χ4n) is 1.15. The number of thiazole rings is 1. The Kier molecular flexibility index (Phi) is 3.11. The van der Waals surface area contributed by atoms with Crippen LogP contribution in [-0.4, -0.2) is 21.0 Å². The largest absolute Gasteiger partial charge is 0.505 e. The minimum absolute atomic E-state index is 0.0343. The molecule has 0 bridgehead atoms. The van der Waals surface area contributed by atoms with Crippen LogP contribution in [0.1, 0.15) is 15.4 Å². The van der Waals surface area contributed by atoms with Crippen molar-refractivity contribution in [2.24, 2.45) is 0 Å². The first kappa shape index (κ1) is 10.6. The molecule has 82 valence electrons. The molecule has 0 aliphatic carbocycles. The molecule has 1 amide bonds. The molecule has 5 nitrogen and oxygen atoms in total. The van der Waals surface area contributed by atoms with E-state index < -0.39 is 5.91 Å². The lowest BCUT2D eigenvalue weighted by atomic mass is 10.3. The molecule has 2 heterocycles. The molecule has 6 heteroatoms. The van der Waals surface area contributed by atoms with Gasteiger partial charge in [-0.15, -0.1) is 11.3 Å². The molecule has 0 aromatic carbocycles. The average molecular weight is 235 g/mol. The van der Waals surface area contributed by atoms with Gasteiger partial charge in [-0.2, -0.15) is 0 Å². The van der Waals surface area contributed by atoms with E-state index in [1.54, 1.807) is 17.8 Å². The van der Waals surface area contributed by atoms with Gasteiger partial charge < -0.3 is 10.4 Å². The van der Waals surface area contributed by atoms with Crippen LogP contribution in [0, 0.1) is 0 Å². The van der Waals surface area contributed by atoms with Crippen LogP contribution in [0.15, 0.2) is 30.0 Å². The van der Waals surface area contributed by atoms with Gasteiger partial charge in [-0.25, -0.2) is 4.98 Å². The molecular weight excluding hydrogens is 226 g/mol. The van der Waals surface area contributed by atoms with E-state index >= 15 is 0 Å². The standard InChI is InChI=1S/C10H9N3O2S/c14-8-2-1-3-12-9(8)10(15)13-5-7-4-11-6-16-7/h1-4,6,14H,5H2,(H,13,15). The Balaban J connectivity index is 2.01. The van der Waals surface area contributed by atoms with E-state index in [1.807, 2.05) is 0 Å². The second-order valence-electron chi connectivity index (χ2n) is 3.02. The number of hydrogen-bond acceptors (Lipinski definition) is 5. The molecule has 2 N–H and O–H groups in total. The number of nitrogens with one attached hydrogen (secondary N) is 1. The number of hydrogen-bond donors (Lipinski definition) is 2. The Hall–Kier alpha value is -1.95. The third-order valence-corrected chi connectivity index (χ3v) is 2.69. The number of amides is 1. The number of carbonyl (C=O) groups is 1. The fraction of sp³-hybridized carbons (Fsp3) is 0.100. The molecule has 16 heavy (non-hydrogen) atoms. The molecule has 2 rings (SSSR count). The lowest BCUT2D eigenvalue weighted by Crippen LogP contribution is -2.23. The highest BCUT2D eigenvalue weighted by atomic mass is 32.1. The molecular formula is C10H9N3O2S. The maximum Gasteiger partial charge on any atom is 0.274 e. The van der Waals surface area contributed by atoms with Crippen molar-refractivity contribution in [1.29, 1.82) is 0 Å². The number of aromatic nitrogens is 2. The van der Waals surface area contributed by atoms with Crippen LogP contribution < -0.4 is 5.32 Å². The Morgan fingerprint density at radius 3 is 3.12 bits per heavy atom. The zero-order valence-electron chi connectivity index (χ0n) is 8.25. The van der Waals surface area contributed by atoms with Crippen molar-refractivity contribution in [2.45, 2.75) is 6.54 Å². The first-order chi connectivity index (χ1) is 7.77. The van der Waals surface area contributed by atoms with Crippen molar-refractivity contribution >= 4 is 17.2 Å². The molecule has 0 atom stereocenters. The minimum Gasteiger partial charge on any atom is -0.505 e. The lowest BCUT2D eigenvalue weighted by molar-refractivity contribution is 0.0943. The van der Waals surface area contributed by atoms with Gasteiger partial charge in [-0.05, 0) is 12.1 Å². The molecule has 0 saturated carbocycles. The van der Waals surface area contributed by atoms with Crippen LogP contribution in [0.3, 0.4) is 0 Å². The molecule has 0 fully saturated rings. The summed E-state index contributed by atoms with van der Waals surface area (Å²) in [6, 6.07) is 2.99. The van der Waals surface area contributed by atoms with Crippen molar-refractivity contribution < 1.29 is 9.90 Å². The van der Waals surface area contributed by atoms with E-state index in [4.69, 9.17) is 0 Å². The van der Waals surface area contributed by atoms with E-state index in [9.17, 15) is 9.90 Å². The maximum atomic E-state index is 11.6. The number of rotatable bonds is 3. The number of nitrogens with zero attached hydrogens (tertiary/aromatic N) is 2. The van der Waals surface area contributed by atoms with Crippen LogP contribution in [0.2, 0.25) is 0 Å². The van der Waals surface area contributed by atoms with E-state index in [0.717, 1.165) is 4.88 Å². The first-order valence-electron chi connectivity index (χ1n) is 4.57. The zero-order valence-corrected chi connectivity index (χ0v) is 9.07. The second-order valence-corrected chi connectivity index (χ2v) is 3.99. The third-order valence-electron chi connectivity index (χ3n) is 1.91. The number of pyridine rings is 1. The Morgan fingerprint density at radius 1 is 1.56 bits per heavy atom. The van der Waals surface area contributed by atoms with Crippen molar-refractivity contribution in [3.8, 4) is 5.75 Å². The molecule has 0 saturated heterocycles. The van der Waals surface area contributed by atoms with Crippen molar-refractivity contribution in [2.75, 3.05) is 0 Å². The van der Waals surface area contributed by atoms with Crippen LogP contribution in [-0.2, 0) is 6.54 Å². The minimum atomic E-state index is -0.397. The average Bonchev–Trinajstić information content (AvgIpc) is 2.79. The highest BCUT2D eigenvalue weighted by Crippen LogP contribution is 2.12. The van der Waals surface area contributed by atoms with E-state index in [0.29, 0.717) is 6.54 Å². The SMILES string of the molecule is O=C(NCc1cncs1)c1ncccc1O. The van der Waals surface area contributed by atoms with Gasteiger partial charge in [0.05, 0.1) is 12.1 Å². The molecule has 2 aromatic heterocycles. The zero-order chi connectivity index (χ0) is 11.4. The summed E-state index contributed by atoms with van der Waals surface area (Å²) in [5.41, 5.74) is 1.73. The van der Waals surface area contributed by atoms with Crippen LogP contribution in [0.4, 0.5) is 0 Å². The maximum absolute atomic E-state index is 11.6. The van der Waals surface area contributed by atoms with Crippen LogP contribution in [0.25, 0.3) is 0 Å². The summed E-state index contributed by atoms with van der Waals surface area (Å²) >= 11 is 1.46. The highest BCUT2D eigenvalue weighted by molar-refractivity contribution is 7.09. The summed E-state index contributed by atoms with van der Waals surface area (Å²) < 4.78 is 0. The number of carbonyl (C=O) groups excluding carboxylic acids is 1. The van der Waals surface area contributed by atoms with E-state index in [-0.39, 0.29) is 11.4 Å². The van der Waals surface area contributed by atoms with Gasteiger partial charge in [-0.3, -0.25) is 9.78 Å². The second kappa shape index (κ2) is 4.71. The van der Waals surface area contributed by atoms with Gasteiger partial charge in [0.25, 0.3) is 5.91 Å². The Labute approximate surface area is 95.8 Å². The summed E-state index contributed by atoms with van der Waals surface area (Å²) in [6.45, 7) is 0.388. The molecule has 0 spiro atoms. The predicted octanol–water partition coefficient (Wildman–Crippen LogP) is 1.17. The van der Waals surface area contributed by atoms with Gasteiger partial charge in [0.15, 0.2) is 5.69 Å². The van der Waals surface area contributed by atoms with Crippen molar-refractivity contribution in [3.05, 3.63) is 40.6 Å². The molecule has 0 aliphatic rings. The first-order valence-corrected chi connectivity index (χ1v) is 5.45. The third kappa shape index (κ3) is 2.34. The normalized spacial score (nSPS) is 10.0. The van der Waals surface area contributed by atoms with Crippen molar-refractivity contribution in [1.82, 2.24) is 15.3 Å². The van der Waals surface area contributed by atoms with Crippen LogP contribution in [0.5, 0.6) is 5.75 Å². The Bertz CT molecular complexity index is 485. The summed E-state index contributed by atoms with van der Waals surface area (Å²) in [5.74, 6) is -0.518. The van der Waals surface area contributed by atoms with Crippen molar-refractivity contribution in [3.63, 3.8) is 0 Å². The quantitative estimate of drug-likeness (QED) is 0.837. The van der Waals surface area contributed by atoms with Gasteiger partial charge in [-0.1, -0.05) is 0 Å². The predicted molar refractivity (Wildman–Crippen MR) is 59.2 cm³/mol. The van der Waals surface area contributed by atoms with E-state index in [2.05, 4.69) is 15.3 Å². The van der Waals surface area contributed by atoms with Gasteiger partial charge in [0.1, 0.15) is 5.75 Å². The summed E-state index contributed by atoms with van der Waals surface area (Å²) in [5, 5.41) is 12.1. The lowest BCUT2D eigenvalue weighted by Gasteiger charge is -2.03. The highest BCUT2D eigenvalue weighted by Gasteiger charge is 2.11. The molecule has 0 radical (unpaired) electrons. The smallest absolute Gasteiger partial charge is 0.274 e. The molecule has 2 aromatic rings. The van der Waals surface area contributed by atoms with Gasteiger partial charge >= 0.3 is 0 Å². The Morgan fingerprint density at radius 2 is 2.44 bits per heavy atom. The van der Waals surface area contributed by atoms with Crippen LogP contribution >= 0.6 is 11.3 Å². The summed E-state index contributed by atoms with van der Waals surface area (Å²) in [7, 11) is 0. The summed E-state index contributed by atoms with van der Waals surface area (Å²) in [6.07, 6.45) is 3.14. The topological polar surface area (TPSA) is 75.1 Å². The van der Waals surface area contributed by atoms with Gasteiger partial charge in [0, 0.05) is 17.3 Å².